The Morgan fingerprint density at radius 3 is 0.807 bits per heavy atom. The molecular weight excluding hydrogens is 1160 g/mol. The molecule has 0 aromatic heterocycles. The summed E-state index contributed by atoms with van der Waals surface area (Å²) in [6.07, 6.45) is 40.4. The Hall–Kier alpha value is -1.94. The van der Waals surface area contributed by atoms with Crippen molar-refractivity contribution in [1.82, 2.24) is 0 Å². The molecule has 0 fully saturated rings. The van der Waals surface area contributed by atoms with Gasteiger partial charge < -0.3 is 33.8 Å². The van der Waals surface area contributed by atoms with Crippen LogP contribution < -0.4 is 0 Å². The van der Waals surface area contributed by atoms with E-state index in [-0.39, 0.29) is 25.7 Å². The van der Waals surface area contributed by atoms with E-state index in [1.54, 1.807) is 0 Å². The van der Waals surface area contributed by atoms with Gasteiger partial charge in [-0.15, -0.1) is 0 Å². The summed E-state index contributed by atoms with van der Waals surface area (Å²) < 4.78 is 68.2. The van der Waals surface area contributed by atoms with Crippen molar-refractivity contribution in [3.05, 3.63) is 0 Å². The molecule has 0 rings (SSSR count). The van der Waals surface area contributed by atoms with Gasteiger partial charge in [-0.1, -0.05) is 287 Å². The molecule has 3 unspecified atom stereocenters. The van der Waals surface area contributed by atoms with E-state index in [1.165, 1.54) is 135 Å². The van der Waals surface area contributed by atoms with E-state index >= 15 is 0 Å². The fraction of sp³-hybridized carbons (Fsp3) is 0.942. The predicted molar refractivity (Wildman–Crippen MR) is 354 cm³/mol. The average Bonchev–Trinajstić information content (AvgIpc) is 3.55. The van der Waals surface area contributed by atoms with Gasteiger partial charge in [-0.25, -0.2) is 9.13 Å². The molecule has 3 N–H and O–H groups in total. The second-order valence-electron chi connectivity index (χ2n) is 26.6. The van der Waals surface area contributed by atoms with Gasteiger partial charge in [-0.3, -0.25) is 37.3 Å². The van der Waals surface area contributed by atoms with Crippen LogP contribution in [0.1, 0.15) is 338 Å². The van der Waals surface area contributed by atoms with Crippen molar-refractivity contribution >= 4 is 39.5 Å². The van der Waals surface area contributed by atoms with Crippen LogP contribution in [0.3, 0.4) is 0 Å². The molecular formula is C69H134O17P2. The number of carbonyl (C=O) groups is 4. The maximum Gasteiger partial charge on any atom is 0.472 e. The van der Waals surface area contributed by atoms with Crippen molar-refractivity contribution in [3.63, 3.8) is 0 Å². The quantitative estimate of drug-likeness (QED) is 0.0222. The van der Waals surface area contributed by atoms with Gasteiger partial charge in [0.25, 0.3) is 0 Å². The molecule has 0 aliphatic rings. The van der Waals surface area contributed by atoms with Crippen LogP contribution in [0, 0.1) is 23.7 Å². The number of ether oxygens (including phenoxy) is 4. The highest BCUT2D eigenvalue weighted by atomic mass is 31.2. The first-order valence-corrected chi connectivity index (χ1v) is 38.7. The summed E-state index contributed by atoms with van der Waals surface area (Å²) in [6.45, 7) is 14.1. The lowest BCUT2D eigenvalue weighted by Crippen LogP contribution is -2.30. The molecule has 0 radical (unpaired) electrons. The molecule has 0 aromatic rings. The highest BCUT2D eigenvalue weighted by Crippen LogP contribution is 2.45. The van der Waals surface area contributed by atoms with E-state index in [2.05, 4.69) is 55.4 Å². The van der Waals surface area contributed by atoms with Crippen LogP contribution >= 0.6 is 15.6 Å². The Kier molecular flexibility index (Phi) is 57.6. The van der Waals surface area contributed by atoms with Gasteiger partial charge >= 0.3 is 39.5 Å². The highest BCUT2D eigenvalue weighted by molar-refractivity contribution is 7.47. The molecule has 19 heteroatoms. The summed E-state index contributed by atoms with van der Waals surface area (Å²) in [4.78, 5) is 72.5. The molecule has 0 spiro atoms. The Bertz CT molecular complexity index is 1750. The zero-order valence-corrected chi connectivity index (χ0v) is 59.1. The monoisotopic (exact) mass is 1300 g/mol. The molecule has 0 saturated heterocycles. The standard InChI is InChI=1S/C69H134O17P2/c1-9-62(8)48-40-32-23-17-11-13-19-25-35-43-51-68(73)86-65(56-80-67(72)50-42-34-28-27-31-39-47-61(6)7)58-84-88(77,78)82-54-63(70)53-81-87(75,76)83-57-64(85-69(74)52-44-36-26-20-14-16-22-30-38-46-60(4)5)55-79-66(71)49-41-33-24-18-12-10-15-21-29-37-45-59(2)3/h59-65,70H,9-58H2,1-8H3,(H,75,76)(H,77,78)/t62?,63-,64-,65-/m1/s1. The Balaban J connectivity index is 5.25. The molecule has 0 amide bonds. The minimum atomic E-state index is -4.95. The van der Waals surface area contributed by atoms with E-state index in [0.29, 0.717) is 31.6 Å². The summed E-state index contributed by atoms with van der Waals surface area (Å²) in [6, 6.07) is 0. The lowest BCUT2D eigenvalue weighted by molar-refractivity contribution is -0.161. The largest absolute Gasteiger partial charge is 0.472 e. The fourth-order valence-corrected chi connectivity index (χ4v) is 11.9. The van der Waals surface area contributed by atoms with E-state index in [1.807, 2.05) is 0 Å². The van der Waals surface area contributed by atoms with Gasteiger partial charge in [0, 0.05) is 25.7 Å². The second kappa shape index (κ2) is 58.8. The zero-order chi connectivity index (χ0) is 65.4. The van der Waals surface area contributed by atoms with Crippen LogP contribution in [0.4, 0.5) is 0 Å². The number of phosphoric ester groups is 2. The number of hydrogen-bond acceptors (Lipinski definition) is 15. The van der Waals surface area contributed by atoms with Crippen LogP contribution in [-0.2, 0) is 65.4 Å². The molecule has 522 valence electrons. The van der Waals surface area contributed by atoms with Crippen LogP contribution in [-0.4, -0.2) is 96.7 Å². The Morgan fingerprint density at radius 2 is 0.545 bits per heavy atom. The van der Waals surface area contributed by atoms with E-state index in [4.69, 9.17) is 37.0 Å². The van der Waals surface area contributed by atoms with Crippen LogP contribution in [0.5, 0.6) is 0 Å². The van der Waals surface area contributed by atoms with Gasteiger partial charge in [-0.05, 0) is 49.4 Å². The first kappa shape index (κ1) is 86.1. The number of unbranched alkanes of at least 4 members (excludes halogenated alkanes) is 31. The summed E-state index contributed by atoms with van der Waals surface area (Å²) in [7, 11) is -9.90. The molecule has 6 atom stereocenters. The van der Waals surface area contributed by atoms with Crippen molar-refractivity contribution in [3.8, 4) is 0 Å². The normalized spacial score (nSPS) is 14.6. The van der Waals surface area contributed by atoms with Crippen LogP contribution in [0.2, 0.25) is 0 Å². The number of esters is 4. The third kappa shape index (κ3) is 61.6. The number of hydrogen-bond donors (Lipinski definition) is 3. The highest BCUT2D eigenvalue weighted by Gasteiger charge is 2.30. The second-order valence-corrected chi connectivity index (χ2v) is 29.5. The Labute approximate surface area is 537 Å². The summed E-state index contributed by atoms with van der Waals surface area (Å²) >= 11 is 0. The van der Waals surface area contributed by atoms with Gasteiger partial charge in [0.15, 0.2) is 12.2 Å². The van der Waals surface area contributed by atoms with Crippen molar-refractivity contribution in [1.29, 1.82) is 0 Å². The Morgan fingerprint density at radius 1 is 0.318 bits per heavy atom. The maximum atomic E-state index is 13.0. The zero-order valence-electron chi connectivity index (χ0n) is 57.3. The van der Waals surface area contributed by atoms with Gasteiger partial charge in [-0.2, -0.15) is 0 Å². The fourth-order valence-electron chi connectivity index (χ4n) is 10.3. The molecule has 0 aromatic carbocycles. The molecule has 0 aliphatic carbocycles. The molecule has 88 heavy (non-hydrogen) atoms. The van der Waals surface area contributed by atoms with Gasteiger partial charge in [0.05, 0.1) is 26.4 Å². The van der Waals surface area contributed by atoms with Crippen molar-refractivity contribution in [2.75, 3.05) is 39.6 Å². The number of aliphatic hydroxyl groups excluding tert-OH is 1. The number of rotatable bonds is 66. The molecule has 0 aliphatic heterocycles. The van der Waals surface area contributed by atoms with Gasteiger partial charge in [0.1, 0.15) is 19.3 Å². The van der Waals surface area contributed by atoms with Crippen LogP contribution in [0.15, 0.2) is 0 Å². The molecule has 0 bridgehead atoms. The van der Waals surface area contributed by atoms with Crippen molar-refractivity contribution in [2.24, 2.45) is 23.7 Å². The maximum absolute atomic E-state index is 13.0. The number of aliphatic hydroxyl groups is 1. The molecule has 0 saturated carbocycles. The minimum absolute atomic E-state index is 0.104. The first-order valence-electron chi connectivity index (χ1n) is 35.7. The smallest absolute Gasteiger partial charge is 0.462 e. The van der Waals surface area contributed by atoms with Crippen molar-refractivity contribution < 1.29 is 80.2 Å². The van der Waals surface area contributed by atoms with Crippen molar-refractivity contribution in [2.45, 2.75) is 356 Å². The summed E-state index contributed by atoms with van der Waals surface area (Å²) in [5.74, 6) is 0.845. The number of phosphoric acid groups is 2. The molecule has 17 nitrogen and oxygen atoms in total. The lowest BCUT2D eigenvalue weighted by atomic mass is 9.99. The van der Waals surface area contributed by atoms with Gasteiger partial charge in [0.2, 0.25) is 0 Å². The topological polar surface area (TPSA) is 237 Å². The lowest BCUT2D eigenvalue weighted by Gasteiger charge is -2.21. The number of carbonyl (C=O) groups excluding carboxylic acids is 4. The third-order valence-corrected chi connectivity index (χ3v) is 18.1. The van der Waals surface area contributed by atoms with E-state index in [9.17, 15) is 43.2 Å². The summed E-state index contributed by atoms with van der Waals surface area (Å²) in [5.41, 5.74) is 0. The molecule has 0 heterocycles. The minimum Gasteiger partial charge on any atom is -0.462 e. The van der Waals surface area contributed by atoms with Crippen LogP contribution in [0.25, 0.3) is 0 Å². The third-order valence-electron chi connectivity index (χ3n) is 16.2. The van der Waals surface area contributed by atoms with E-state index in [0.717, 1.165) is 114 Å². The summed E-state index contributed by atoms with van der Waals surface area (Å²) in [5, 5.41) is 10.6. The first-order chi connectivity index (χ1) is 42.1. The predicted octanol–water partition coefficient (Wildman–Crippen LogP) is 19.3. The average molecular weight is 1300 g/mol. The van der Waals surface area contributed by atoms with E-state index < -0.39 is 97.5 Å². The SMILES string of the molecule is CCC(C)CCCCCCCCCCCCC(=O)O[C@H](COC(=O)CCCCCCCCC(C)C)COP(=O)(O)OC[C@H](O)COP(=O)(O)OC[C@@H](COC(=O)CCCCCCCCCCCCC(C)C)OC(=O)CCCCCCCCCCCC(C)C.